The van der Waals surface area contributed by atoms with Gasteiger partial charge >= 0.3 is 0 Å². The highest BCUT2D eigenvalue weighted by Crippen LogP contribution is 2.30. The first-order valence-electron chi connectivity index (χ1n) is 4.69. The zero-order chi connectivity index (χ0) is 9.03. The lowest BCUT2D eigenvalue weighted by Gasteiger charge is -2.24. The normalized spacial score (nSPS) is 27.8. The molecule has 1 aliphatic rings. The average molecular weight is 174 g/mol. The van der Waals surface area contributed by atoms with Gasteiger partial charge in [0.2, 0.25) is 0 Å². The molecule has 1 N–H and O–H groups in total. The van der Waals surface area contributed by atoms with E-state index in [1.54, 1.807) is 0 Å². The molecule has 0 spiro atoms. The lowest BCUT2D eigenvalue weighted by molar-refractivity contribution is -0.172. The number of ether oxygens (including phenoxy) is 2. The molecular formula is C9H18O3. The van der Waals surface area contributed by atoms with Crippen LogP contribution in [0.3, 0.4) is 0 Å². The first-order valence-corrected chi connectivity index (χ1v) is 4.69. The summed E-state index contributed by atoms with van der Waals surface area (Å²) in [6.07, 6.45) is 2.54. The second-order valence-corrected chi connectivity index (χ2v) is 3.18. The van der Waals surface area contributed by atoms with Crippen molar-refractivity contribution in [3.8, 4) is 0 Å². The largest absolute Gasteiger partial charge is 0.396 e. The van der Waals surface area contributed by atoms with E-state index >= 15 is 0 Å². The second kappa shape index (κ2) is 4.21. The summed E-state index contributed by atoms with van der Waals surface area (Å²) in [6.45, 7) is 4.93. The van der Waals surface area contributed by atoms with Crippen molar-refractivity contribution in [1.82, 2.24) is 0 Å². The van der Waals surface area contributed by atoms with Crippen molar-refractivity contribution >= 4 is 0 Å². The summed E-state index contributed by atoms with van der Waals surface area (Å²) in [7, 11) is 0. The zero-order valence-electron chi connectivity index (χ0n) is 7.88. The predicted molar refractivity (Wildman–Crippen MR) is 45.8 cm³/mol. The van der Waals surface area contributed by atoms with Crippen LogP contribution in [0.5, 0.6) is 0 Å². The Morgan fingerprint density at radius 3 is 2.50 bits per heavy atom. The lowest BCUT2D eigenvalue weighted by Crippen LogP contribution is -2.29. The molecule has 0 aromatic carbocycles. The minimum atomic E-state index is -0.361. The average Bonchev–Trinajstić information content (AvgIpc) is 2.50. The van der Waals surface area contributed by atoms with Gasteiger partial charge < -0.3 is 14.6 Å². The van der Waals surface area contributed by atoms with Gasteiger partial charge in [-0.1, -0.05) is 13.8 Å². The zero-order valence-corrected chi connectivity index (χ0v) is 7.88. The van der Waals surface area contributed by atoms with Crippen molar-refractivity contribution in [2.75, 3.05) is 13.2 Å². The minimum Gasteiger partial charge on any atom is -0.396 e. The Kier molecular flexibility index (Phi) is 3.50. The summed E-state index contributed by atoms with van der Waals surface area (Å²) in [4.78, 5) is 0. The van der Waals surface area contributed by atoms with Crippen molar-refractivity contribution in [2.45, 2.75) is 45.0 Å². The molecule has 0 radical (unpaired) electrons. The van der Waals surface area contributed by atoms with Gasteiger partial charge in [-0.15, -0.1) is 0 Å². The van der Waals surface area contributed by atoms with Crippen LogP contribution >= 0.6 is 0 Å². The SMILES string of the molecule is CCC1(CC)OCC(CCO)O1. The summed E-state index contributed by atoms with van der Waals surface area (Å²) in [5.74, 6) is -0.361. The van der Waals surface area contributed by atoms with E-state index in [4.69, 9.17) is 14.6 Å². The van der Waals surface area contributed by atoms with E-state index in [0.29, 0.717) is 13.0 Å². The van der Waals surface area contributed by atoms with E-state index in [0.717, 1.165) is 12.8 Å². The molecule has 12 heavy (non-hydrogen) atoms. The first-order chi connectivity index (χ1) is 5.76. The maximum Gasteiger partial charge on any atom is 0.168 e. The third kappa shape index (κ3) is 1.97. The number of rotatable bonds is 4. The number of aliphatic hydroxyl groups is 1. The fourth-order valence-electron chi connectivity index (χ4n) is 1.52. The van der Waals surface area contributed by atoms with E-state index < -0.39 is 0 Å². The molecule has 0 aromatic heterocycles. The van der Waals surface area contributed by atoms with Crippen LogP contribution in [0.15, 0.2) is 0 Å². The number of hydrogen-bond donors (Lipinski definition) is 1. The maximum absolute atomic E-state index is 8.71. The Labute approximate surface area is 73.7 Å². The highest BCUT2D eigenvalue weighted by molar-refractivity contribution is 4.76. The quantitative estimate of drug-likeness (QED) is 0.698. The molecule has 1 rings (SSSR count). The van der Waals surface area contributed by atoms with Gasteiger partial charge in [0.15, 0.2) is 5.79 Å². The van der Waals surface area contributed by atoms with Crippen molar-refractivity contribution in [2.24, 2.45) is 0 Å². The Balaban J connectivity index is 2.41. The van der Waals surface area contributed by atoms with Gasteiger partial charge in [0.1, 0.15) is 0 Å². The smallest absolute Gasteiger partial charge is 0.168 e. The molecule has 3 heteroatoms. The lowest BCUT2D eigenvalue weighted by atomic mass is 10.1. The van der Waals surface area contributed by atoms with E-state index in [-0.39, 0.29) is 18.5 Å². The van der Waals surface area contributed by atoms with E-state index in [2.05, 4.69) is 13.8 Å². The summed E-state index contributed by atoms with van der Waals surface area (Å²) >= 11 is 0. The molecule has 72 valence electrons. The standard InChI is InChI=1S/C9H18O3/c1-3-9(4-2)11-7-8(12-9)5-6-10/h8,10H,3-7H2,1-2H3. The highest BCUT2D eigenvalue weighted by Gasteiger charge is 2.37. The van der Waals surface area contributed by atoms with Gasteiger partial charge in [-0.2, -0.15) is 0 Å². The fraction of sp³-hybridized carbons (Fsp3) is 1.00. The van der Waals surface area contributed by atoms with Gasteiger partial charge in [-0.25, -0.2) is 0 Å². The molecule has 1 saturated heterocycles. The van der Waals surface area contributed by atoms with Crippen LogP contribution in [0, 0.1) is 0 Å². The molecule has 1 unspecified atom stereocenters. The van der Waals surface area contributed by atoms with Crippen LogP contribution in [-0.2, 0) is 9.47 Å². The summed E-state index contributed by atoms with van der Waals surface area (Å²) in [5.41, 5.74) is 0. The number of aliphatic hydroxyl groups excluding tert-OH is 1. The fourth-order valence-corrected chi connectivity index (χ4v) is 1.52. The Bertz CT molecular complexity index is 132. The summed E-state index contributed by atoms with van der Waals surface area (Å²) in [6, 6.07) is 0. The molecule has 0 saturated carbocycles. The third-order valence-corrected chi connectivity index (χ3v) is 2.44. The third-order valence-electron chi connectivity index (χ3n) is 2.44. The van der Waals surface area contributed by atoms with E-state index in [1.165, 1.54) is 0 Å². The van der Waals surface area contributed by atoms with Crippen LogP contribution < -0.4 is 0 Å². The highest BCUT2D eigenvalue weighted by atomic mass is 16.7. The molecule has 0 bridgehead atoms. The first kappa shape index (κ1) is 9.96. The van der Waals surface area contributed by atoms with Crippen LogP contribution in [-0.4, -0.2) is 30.2 Å². The number of hydrogen-bond acceptors (Lipinski definition) is 3. The van der Waals surface area contributed by atoms with E-state index in [9.17, 15) is 0 Å². The summed E-state index contributed by atoms with van der Waals surface area (Å²) < 4.78 is 11.3. The molecule has 1 atom stereocenters. The van der Waals surface area contributed by atoms with Crippen molar-refractivity contribution in [3.05, 3.63) is 0 Å². The van der Waals surface area contributed by atoms with Crippen LogP contribution in [0.4, 0.5) is 0 Å². The van der Waals surface area contributed by atoms with Gasteiger partial charge in [-0.3, -0.25) is 0 Å². The van der Waals surface area contributed by atoms with Crippen LogP contribution in [0.2, 0.25) is 0 Å². The Morgan fingerprint density at radius 2 is 2.08 bits per heavy atom. The topological polar surface area (TPSA) is 38.7 Å². The molecule has 1 fully saturated rings. The van der Waals surface area contributed by atoms with E-state index in [1.807, 2.05) is 0 Å². The molecule has 1 aliphatic heterocycles. The van der Waals surface area contributed by atoms with Crippen molar-refractivity contribution < 1.29 is 14.6 Å². The molecule has 1 heterocycles. The van der Waals surface area contributed by atoms with Gasteiger partial charge in [0, 0.05) is 6.61 Å². The monoisotopic (exact) mass is 174 g/mol. The van der Waals surface area contributed by atoms with Crippen molar-refractivity contribution in [3.63, 3.8) is 0 Å². The minimum absolute atomic E-state index is 0.0925. The van der Waals surface area contributed by atoms with Gasteiger partial charge in [0.25, 0.3) is 0 Å². The molecule has 3 nitrogen and oxygen atoms in total. The predicted octanol–water partition coefficient (Wildman–Crippen LogP) is 1.30. The summed E-state index contributed by atoms with van der Waals surface area (Å²) in [5, 5.41) is 8.71. The molecular weight excluding hydrogens is 156 g/mol. The van der Waals surface area contributed by atoms with Gasteiger partial charge in [-0.05, 0) is 19.3 Å². The van der Waals surface area contributed by atoms with Crippen molar-refractivity contribution in [1.29, 1.82) is 0 Å². The Morgan fingerprint density at radius 1 is 1.42 bits per heavy atom. The van der Waals surface area contributed by atoms with Gasteiger partial charge in [0.05, 0.1) is 12.7 Å². The van der Waals surface area contributed by atoms with Crippen LogP contribution in [0.1, 0.15) is 33.1 Å². The Hall–Kier alpha value is -0.120. The molecule has 0 aromatic rings. The molecule has 0 aliphatic carbocycles. The maximum atomic E-state index is 8.71. The second-order valence-electron chi connectivity index (χ2n) is 3.18. The van der Waals surface area contributed by atoms with Crippen LogP contribution in [0.25, 0.3) is 0 Å². The molecule has 0 amide bonds.